The quantitative estimate of drug-likeness (QED) is 0.480. The van der Waals surface area contributed by atoms with Gasteiger partial charge in [0.05, 0.1) is 27.6 Å². The van der Waals surface area contributed by atoms with Crippen LogP contribution < -0.4 is 5.56 Å². The molecule has 0 bridgehead atoms. The first-order chi connectivity index (χ1) is 13.1. The van der Waals surface area contributed by atoms with Crippen molar-refractivity contribution in [1.82, 2.24) is 14.5 Å². The van der Waals surface area contributed by atoms with E-state index in [1.165, 1.54) is 4.57 Å². The maximum atomic E-state index is 12.5. The molecule has 27 heavy (non-hydrogen) atoms. The third kappa shape index (κ3) is 2.23. The molecule has 0 atom stereocenters. The van der Waals surface area contributed by atoms with E-state index in [-0.39, 0.29) is 17.3 Å². The molecule has 2 heterocycles. The van der Waals surface area contributed by atoms with Crippen molar-refractivity contribution in [2.24, 2.45) is 0 Å². The van der Waals surface area contributed by atoms with Crippen LogP contribution in [0, 0.1) is 0 Å². The average molecular weight is 355 g/mol. The summed E-state index contributed by atoms with van der Waals surface area (Å²) in [6.45, 7) is 0. The van der Waals surface area contributed by atoms with Gasteiger partial charge in [-0.25, -0.2) is 9.97 Å². The highest BCUT2D eigenvalue weighted by atomic mass is 16.3. The standard InChI is InChI=1S/C21H13N3O3/c25-19-15-7-3-4-8-16(15)22-17-10-9-12(11-18(17)23-19)24-20(26)13-5-1-2-6-14(13)21(24)27/h1-11,26-27H. The average Bonchev–Trinajstić information content (AvgIpc) is 2.85. The van der Waals surface area contributed by atoms with Crippen molar-refractivity contribution < 1.29 is 10.2 Å². The molecule has 0 saturated carbocycles. The van der Waals surface area contributed by atoms with Crippen LogP contribution in [0.1, 0.15) is 0 Å². The molecule has 2 aromatic heterocycles. The van der Waals surface area contributed by atoms with E-state index in [9.17, 15) is 15.0 Å². The number of benzene rings is 3. The zero-order valence-electron chi connectivity index (χ0n) is 14.0. The van der Waals surface area contributed by atoms with E-state index in [2.05, 4.69) is 9.97 Å². The van der Waals surface area contributed by atoms with E-state index in [1.54, 1.807) is 60.7 Å². The van der Waals surface area contributed by atoms with Gasteiger partial charge in [-0.3, -0.25) is 9.36 Å². The normalized spacial score (nSPS) is 11.4. The van der Waals surface area contributed by atoms with Crippen LogP contribution in [0.4, 0.5) is 0 Å². The molecule has 6 nitrogen and oxygen atoms in total. The van der Waals surface area contributed by atoms with Gasteiger partial charge in [-0.1, -0.05) is 24.3 Å². The molecule has 6 heteroatoms. The van der Waals surface area contributed by atoms with Gasteiger partial charge in [0.25, 0.3) is 5.56 Å². The number of para-hydroxylation sites is 1. The Morgan fingerprint density at radius 1 is 0.667 bits per heavy atom. The monoisotopic (exact) mass is 355 g/mol. The molecule has 0 aliphatic carbocycles. The van der Waals surface area contributed by atoms with Crippen LogP contribution in [0.15, 0.2) is 71.5 Å². The molecule has 0 saturated heterocycles. The van der Waals surface area contributed by atoms with Gasteiger partial charge in [-0.05, 0) is 42.5 Å². The van der Waals surface area contributed by atoms with Gasteiger partial charge in [0.15, 0.2) is 0 Å². The summed E-state index contributed by atoms with van der Waals surface area (Å²) in [7, 11) is 0. The number of hydrogen-bond donors (Lipinski definition) is 2. The molecular formula is C21H13N3O3. The maximum absolute atomic E-state index is 12.5. The van der Waals surface area contributed by atoms with Gasteiger partial charge >= 0.3 is 0 Å². The summed E-state index contributed by atoms with van der Waals surface area (Å²) >= 11 is 0. The van der Waals surface area contributed by atoms with Crippen LogP contribution in [0.2, 0.25) is 0 Å². The Balaban J connectivity index is 1.84. The summed E-state index contributed by atoms with van der Waals surface area (Å²) in [5.41, 5.74) is 1.60. The fourth-order valence-electron chi connectivity index (χ4n) is 3.35. The SMILES string of the molecule is O=c1nc2cc(-n3c(O)c4ccccc4c3O)ccc2nc2ccccc12. The summed E-state index contributed by atoms with van der Waals surface area (Å²) < 4.78 is 1.32. The lowest BCUT2D eigenvalue weighted by Crippen LogP contribution is -2.02. The van der Waals surface area contributed by atoms with Gasteiger partial charge in [0.1, 0.15) is 0 Å². The minimum Gasteiger partial charge on any atom is -0.494 e. The zero-order chi connectivity index (χ0) is 18.5. The first-order valence-electron chi connectivity index (χ1n) is 8.36. The predicted molar refractivity (Wildman–Crippen MR) is 103 cm³/mol. The van der Waals surface area contributed by atoms with E-state index in [0.29, 0.717) is 38.4 Å². The van der Waals surface area contributed by atoms with E-state index in [1.807, 2.05) is 6.07 Å². The summed E-state index contributed by atoms with van der Waals surface area (Å²) in [5.74, 6) is -0.161. The summed E-state index contributed by atoms with van der Waals surface area (Å²) in [6, 6.07) is 19.1. The van der Waals surface area contributed by atoms with Crippen molar-refractivity contribution in [3.63, 3.8) is 0 Å². The summed E-state index contributed by atoms with van der Waals surface area (Å²) in [6.07, 6.45) is 0. The molecule has 0 amide bonds. The number of fused-ring (bicyclic) bond motifs is 3. The smallest absolute Gasteiger partial charge is 0.279 e. The van der Waals surface area contributed by atoms with Gasteiger partial charge in [0, 0.05) is 10.8 Å². The number of aromatic nitrogens is 3. The Bertz CT molecular complexity index is 1380. The number of nitrogens with zero attached hydrogens (tertiary/aromatic N) is 3. The molecule has 0 aliphatic heterocycles. The molecule has 2 N–H and O–H groups in total. The topological polar surface area (TPSA) is 88.2 Å². The van der Waals surface area contributed by atoms with Gasteiger partial charge in [-0.2, -0.15) is 0 Å². The first-order valence-corrected chi connectivity index (χ1v) is 8.36. The van der Waals surface area contributed by atoms with Crippen molar-refractivity contribution in [3.8, 4) is 17.4 Å². The van der Waals surface area contributed by atoms with E-state index in [4.69, 9.17) is 0 Å². The molecule has 5 aromatic rings. The number of hydrogen-bond acceptors (Lipinski definition) is 5. The first kappa shape index (κ1) is 15.3. The lowest BCUT2D eigenvalue weighted by molar-refractivity contribution is 0.406. The van der Waals surface area contributed by atoms with Crippen molar-refractivity contribution >= 4 is 32.7 Å². The highest BCUT2D eigenvalue weighted by Gasteiger charge is 2.17. The molecule has 0 unspecified atom stereocenters. The largest absolute Gasteiger partial charge is 0.494 e. The van der Waals surface area contributed by atoms with Crippen molar-refractivity contribution in [1.29, 1.82) is 0 Å². The molecule has 5 rings (SSSR count). The highest BCUT2D eigenvalue weighted by molar-refractivity contribution is 5.94. The molecule has 0 radical (unpaired) electrons. The lowest BCUT2D eigenvalue weighted by atomic mass is 10.2. The Hall–Kier alpha value is -3.93. The number of rotatable bonds is 1. The van der Waals surface area contributed by atoms with Crippen LogP contribution in [0.3, 0.4) is 0 Å². The highest BCUT2D eigenvalue weighted by Crippen LogP contribution is 2.38. The zero-order valence-corrected chi connectivity index (χ0v) is 14.0. The Labute approximate surface area is 152 Å². The van der Waals surface area contributed by atoms with Crippen molar-refractivity contribution in [2.75, 3.05) is 0 Å². The van der Waals surface area contributed by atoms with Gasteiger partial charge in [-0.15, -0.1) is 0 Å². The molecule has 3 aromatic carbocycles. The van der Waals surface area contributed by atoms with E-state index < -0.39 is 0 Å². The second kappa shape index (κ2) is 5.54. The molecule has 0 fully saturated rings. The second-order valence-corrected chi connectivity index (χ2v) is 6.25. The number of aromatic hydroxyl groups is 2. The van der Waals surface area contributed by atoms with Crippen LogP contribution in [0.25, 0.3) is 38.4 Å². The third-order valence-corrected chi connectivity index (χ3v) is 4.65. The summed E-state index contributed by atoms with van der Waals surface area (Å²) in [4.78, 5) is 21.2. The minimum atomic E-state index is -0.378. The Kier molecular flexibility index (Phi) is 3.14. The van der Waals surface area contributed by atoms with E-state index >= 15 is 0 Å². The van der Waals surface area contributed by atoms with Crippen molar-refractivity contribution in [3.05, 3.63) is 77.1 Å². The van der Waals surface area contributed by atoms with Crippen LogP contribution in [0.5, 0.6) is 11.8 Å². The summed E-state index contributed by atoms with van der Waals surface area (Å²) in [5, 5.41) is 22.6. The fraction of sp³-hybridized carbons (Fsp3) is 0. The Morgan fingerprint density at radius 3 is 2.00 bits per heavy atom. The molecule has 130 valence electrons. The van der Waals surface area contributed by atoms with Crippen molar-refractivity contribution in [2.45, 2.75) is 0 Å². The minimum absolute atomic E-state index is 0.0803. The fourth-order valence-corrected chi connectivity index (χ4v) is 3.35. The van der Waals surface area contributed by atoms with Crippen LogP contribution >= 0.6 is 0 Å². The molecule has 0 aliphatic rings. The Morgan fingerprint density at radius 2 is 1.30 bits per heavy atom. The third-order valence-electron chi connectivity index (χ3n) is 4.65. The van der Waals surface area contributed by atoms with E-state index in [0.717, 1.165) is 0 Å². The molecule has 0 spiro atoms. The maximum Gasteiger partial charge on any atom is 0.279 e. The lowest BCUT2D eigenvalue weighted by Gasteiger charge is -2.06. The van der Waals surface area contributed by atoms with Gasteiger partial charge < -0.3 is 10.2 Å². The van der Waals surface area contributed by atoms with Crippen LogP contribution in [-0.2, 0) is 0 Å². The van der Waals surface area contributed by atoms with Gasteiger partial charge in [0.2, 0.25) is 11.8 Å². The molecular weight excluding hydrogens is 342 g/mol. The predicted octanol–water partition coefficient (Wildman–Crippen LogP) is 3.50. The second-order valence-electron chi connectivity index (χ2n) is 6.25. The van der Waals surface area contributed by atoms with Crippen LogP contribution in [-0.4, -0.2) is 24.7 Å².